The zero-order valence-corrected chi connectivity index (χ0v) is 28.5. The van der Waals surface area contributed by atoms with E-state index in [2.05, 4.69) is 161 Å². The molecule has 9 rings (SSSR count). The fourth-order valence-electron chi connectivity index (χ4n) is 10.00. The molecule has 0 heteroatoms. The maximum atomic E-state index is 2.54. The molecule has 0 heterocycles. The van der Waals surface area contributed by atoms with Crippen LogP contribution in [-0.4, -0.2) is 0 Å². The van der Waals surface area contributed by atoms with Crippen LogP contribution < -0.4 is 0 Å². The van der Waals surface area contributed by atoms with Gasteiger partial charge in [0.2, 0.25) is 0 Å². The molecule has 0 saturated heterocycles. The predicted molar refractivity (Wildman–Crippen MR) is 206 cm³/mol. The molecule has 0 bridgehead atoms. The first-order chi connectivity index (χ1) is 23.6. The Bertz CT molecular complexity index is 2170. The van der Waals surface area contributed by atoms with Crippen molar-refractivity contribution >= 4 is 21.5 Å². The summed E-state index contributed by atoms with van der Waals surface area (Å²) < 4.78 is 0. The third kappa shape index (κ3) is 3.72. The maximum absolute atomic E-state index is 2.54. The van der Waals surface area contributed by atoms with Gasteiger partial charge in [0.05, 0.1) is 0 Å². The molecule has 7 aromatic rings. The maximum Gasteiger partial charge on any atom is 0.0210 e. The molecule has 0 nitrogen and oxygen atoms in total. The highest BCUT2D eigenvalue weighted by molar-refractivity contribution is 6.21. The van der Waals surface area contributed by atoms with E-state index in [1.54, 1.807) is 0 Å². The Kier molecular flexibility index (Phi) is 6.57. The average Bonchev–Trinajstić information content (AvgIpc) is 3.60. The zero-order chi connectivity index (χ0) is 32.6. The van der Waals surface area contributed by atoms with E-state index in [9.17, 15) is 0 Å². The largest absolute Gasteiger partial charge is 0.0642 e. The van der Waals surface area contributed by atoms with Crippen LogP contribution in [0.1, 0.15) is 75.6 Å². The van der Waals surface area contributed by atoms with Gasteiger partial charge < -0.3 is 0 Å². The summed E-state index contributed by atoms with van der Waals surface area (Å²) in [5, 5.41) is 5.28. The van der Waals surface area contributed by atoms with Gasteiger partial charge in [-0.3, -0.25) is 0 Å². The predicted octanol–water partition coefficient (Wildman–Crippen LogP) is 13.5. The van der Waals surface area contributed by atoms with Gasteiger partial charge in [0, 0.05) is 10.8 Å². The van der Waals surface area contributed by atoms with Crippen LogP contribution in [0.3, 0.4) is 0 Å². The van der Waals surface area contributed by atoms with Crippen LogP contribution in [0.15, 0.2) is 133 Å². The summed E-state index contributed by atoms with van der Waals surface area (Å²) in [6.45, 7) is 9.45. The normalized spacial score (nSPS) is 14.9. The molecule has 2 aliphatic rings. The Morgan fingerprint density at radius 2 is 0.646 bits per heavy atom. The zero-order valence-electron chi connectivity index (χ0n) is 28.5. The van der Waals surface area contributed by atoms with E-state index in [4.69, 9.17) is 0 Å². The minimum atomic E-state index is 0.0422. The fraction of sp³-hybridized carbons (Fsp3) is 0.208. The van der Waals surface area contributed by atoms with E-state index in [1.807, 2.05) is 0 Å². The third-order valence-electron chi connectivity index (χ3n) is 12.5. The van der Waals surface area contributed by atoms with Gasteiger partial charge in [0.25, 0.3) is 0 Å². The minimum Gasteiger partial charge on any atom is -0.0642 e. The minimum absolute atomic E-state index is 0.0422. The lowest BCUT2D eigenvalue weighted by Crippen LogP contribution is -2.23. The molecule has 48 heavy (non-hydrogen) atoms. The van der Waals surface area contributed by atoms with Crippen LogP contribution in [0, 0.1) is 0 Å². The van der Waals surface area contributed by atoms with Crippen molar-refractivity contribution in [3.05, 3.63) is 156 Å². The lowest BCUT2D eigenvalue weighted by atomic mass is 9.73. The van der Waals surface area contributed by atoms with E-state index in [0.717, 1.165) is 25.7 Å². The topological polar surface area (TPSA) is 0 Å². The lowest BCUT2D eigenvalue weighted by molar-refractivity contribution is 0.490. The standard InChI is InChI=1S/C48H42/c1-5-47(6-2)41-23-15-13-17-33(41)35-27-25-31(29-43(35)47)45-37-19-9-11-21-39(37)46(40-22-12-10-20-38(40)45)32-26-28-36-34-18-14-16-24-42(34)48(7-3,8-4)44(36)30-32/h9-30H,5-8H2,1-4H3. The van der Waals surface area contributed by atoms with E-state index in [1.165, 1.54) is 88.3 Å². The van der Waals surface area contributed by atoms with Crippen molar-refractivity contribution in [1.82, 2.24) is 0 Å². The molecule has 0 amide bonds. The molecule has 2 aliphatic carbocycles. The summed E-state index contributed by atoms with van der Waals surface area (Å²) in [5.74, 6) is 0. The van der Waals surface area contributed by atoms with Crippen molar-refractivity contribution in [1.29, 1.82) is 0 Å². The van der Waals surface area contributed by atoms with Crippen molar-refractivity contribution < 1.29 is 0 Å². The van der Waals surface area contributed by atoms with Crippen LogP contribution in [0.5, 0.6) is 0 Å². The third-order valence-corrected chi connectivity index (χ3v) is 12.5. The summed E-state index contributed by atoms with van der Waals surface area (Å²) in [6.07, 6.45) is 4.38. The van der Waals surface area contributed by atoms with Gasteiger partial charge >= 0.3 is 0 Å². The van der Waals surface area contributed by atoms with Crippen molar-refractivity contribution in [2.75, 3.05) is 0 Å². The summed E-state index contributed by atoms with van der Waals surface area (Å²) in [4.78, 5) is 0. The van der Waals surface area contributed by atoms with Crippen LogP contribution in [0.4, 0.5) is 0 Å². The molecule has 234 valence electrons. The van der Waals surface area contributed by atoms with E-state index in [-0.39, 0.29) is 10.8 Å². The van der Waals surface area contributed by atoms with E-state index < -0.39 is 0 Å². The van der Waals surface area contributed by atoms with Crippen molar-refractivity contribution in [3.8, 4) is 44.5 Å². The fourth-order valence-corrected chi connectivity index (χ4v) is 10.00. The molecule has 0 atom stereocenters. The van der Waals surface area contributed by atoms with Crippen molar-refractivity contribution in [3.63, 3.8) is 0 Å². The summed E-state index contributed by atoms with van der Waals surface area (Å²) in [7, 11) is 0. The first-order valence-corrected chi connectivity index (χ1v) is 18.0. The highest BCUT2D eigenvalue weighted by atomic mass is 14.4. The average molecular weight is 619 g/mol. The van der Waals surface area contributed by atoms with Gasteiger partial charge in [-0.05, 0) is 126 Å². The van der Waals surface area contributed by atoms with E-state index >= 15 is 0 Å². The van der Waals surface area contributed by atoms with Gasteiger partial charge in [-0.2, -0.15) is 0 Å². The summed E-state index contributed by atoms with van der Waals surface area (Å²) >= 11 is 0. The Labute approximate surface area is 285 Å². The monoisotopic (exact) mass is 618 g/mol. The quantitative estimate of drug-likeness (QED) is 0.163. The lowest BCUT2D eigenvalue weighted by Gasteiger charge is -2.30. The molecule has 0 unspecified atom stereocenters. The summed E-state index contributed by atoms with van der Waals surface area (Å²) in [5.41, 5.74) is 16.9. The number of hydrogen-bond acceptors (Lipinski definition) is 0. The molecular weight excluding hydrogens is 577 g/mol. The first kappa shape index (κ1) is 29.2. The smallest absolute Gasteiger partial charge is 0.0210 e. The SMILES string of the molecule is CCC1(CC)c2ccccc2-c2ccc(-c3c4ccccc4c(-c4ccc5c(c4)C(CC)(CC)c4ccccc4-5)c4ccccc34)cc21. The number of fused-ring (bicyclic) bond motifs is 8. The number of rotatable bonds is 6. The molecule has 0 N–H and O–H groups in total. The highest BCUT2D eigenvalue weighted by Crippen LogP contribution is 2.56. The van der Waals surface area contributed by atoms with Gasteiger partial charge in [0.15, 0.2) is 0 Å². The molecule has 0 aliphatic heterocycles. The second-order valence-corrected chi connectivity index (χ2v) is 14.0. The Morgan fingerprint density at radius 3 is 1.00 bits per heavy atom. The molecule has 0 fully saturated rings. The highest BCUT2D eigenvalue weighted by Gasteiger charge is 2.42. The van der Waals surface area contributed by atoms with Gasteiger partial charge in [0.1, 0.15) is 0 Å². The van der Waals surface area contributed by atoms with Crippen LogP contribution in [0.2, 0.25) is 0 Å². The van der Waals surface area contributed by atoms with Gasteiger partial charge in [-0.15, -0.1) is 0 Å². The Hall–Kier alpha value is -4.94. The summed E-state index contributed by atoms with van der Waals surface area (Å²) in [6, 6.07) is 51.1. The second kappa shape index (κ2) is 10.8. The van der Waals surface area contributed by atoms with Crippen LogP contribution in [0.25, 0.3) is 66.1 Å². The Balaban J connectivity index is 1.31. The molecule has 7 aromatic carbocycles. The van der Waals surface area contributed by atoms with Gasteiger partial charge in [-0.1, -0.05) is 149 Å². The van der Waals surface area contributed by atoms with Crippen LogP contribution >= 0.6 is 0 Å². The van der Waals surface area contributed by atoms with E-state index in [0.29, 0.717) is 0 Å². The number of hydrogen-bond donors (Lipinski definition) is 0. The molecule has 0 spiro atoms. The second-order valence-electron chi connectivity index (χ2n) is 14.0. The molecular formula is C48H42. The number of benzene rings is 7. The van der Waals surface area contributed by atoms with Crippen molar-refractivity contribution in [2.24, 2.45) is 0 Å². The molecule has 0 saturated carbocycles. The first-order valence-electron chi connectivity index (χ1n) is 18.0. The van der Waals surface area contributed by atoms with Gasteiger partial charge in [-0.25, -0.2) is 0 Å². The molecule has 0 aromatic heterocycles. The Morgan fingerprint density at radius 1 is 0.333 bits per heavy atom. The molecule has 0 radical (unpaired) electrons. The van der Waals surface area contributed by atoms with Crippen molar-refractivity contribution in [2.45, 2.75) is 64.2 Å². The van der Waals surface area contributed by atoms with Crippen LogP contribution in [-0.2, 0) is 10.8 Å².